The average Bonchev–Trinajstić information content (AvgIpc) is 3.07. The van der Waals surface area contributed by atoms with Gasteiger partial charge >= 0.3 is 6.09 Å². The molecule has 3 saturated heterocycles. The number of rotatable bonds is 3. The molecule has 23 heavy (non-hydrogen) atoms. The van der Waals surface area contributed by atoms with Crippen LogP contribution in [0.5, 0.6) is 0 Å². The Kier molecular flexibility index (Phi) is 4.80. The quantitative estimate of drug-likeness (QED) is 0.859. The number of piperidine rings is 1. The lowest BCUT2D eigenvalue weighted by Gasteiger charge is -2.36. The highest BCUT2D eigenvalue weighted by molar-refractivity contribution is 5.87. The first-order chi connectivity index (χ1) is 11.0. The fraction of sp³-hybridized carbons (Fsp3) is 0.882. The topological polar surface area (TPSA) is 61.9 Å². The summed E-state index contributed by atoms with van der Waals surface area (Å²) >= 11 is 0. The van der Waals surface area contributed by atoms with Gasteiger partial charge in [-0.15, -0.1) is 0 Å². The predicted molar refractivity (Wildman–Crippen MR) is 87.1 cm³/mol. The molecule has 0 radical (unpaired) electrons. The van der Waals surface area contributed by atoms with Crippen LogP contribution < -0.4 is 5.32 Å². The van der Waals surface area contributed by atoms with Crippen molar-refractivity contribution in [3.63, 3.8) is 0 Å². The number of amides is 2. The number of likely N-dealkylation sites (tertiary alicyclic amines) is 1. The van der Waals surface area contributed by atoms with E-state index >= 15 is 0 Å². The first kappa shape index (κ1) is 16.6. The van der Waals surface area contributed by atoms with E-state index in [2.05, 4.69) is 10.2 Å². The summed E-state index contributed by atoms with van der Waals surface area (Å²) in [5.74, 6) is 0.218. The van der Waals surface area contributed by atoms with Gasteiger partial charge in [-0.3, -0.25) is 9.69 Å². The minimum Gasteiger partial charge on any atom is -0.447 e. The Morgan fingerprint density at radius 3 is 2.26 bits per heavy atom. The molecule has 3 rings (SSSR count). The third-order valence-corrected chi connectivity index (χ3v) is 5.49. The normalized spacial score (nSPS) is 24.7. The van der Waals surface area contributed by atoms with Crippen molar-refractivity contribution >= 4 is 12.0 Å². The fourth-order valence-corrected chi connectivity index (χ4v) is 4.28. The van der Waals surface area contributed by atoms with Crippen LogP contribution in [0.4, 0.5) is 4.79 Å². The van der Waals surface area contributed by atoms with Gasteiger partial charge in [0.2, 0.25) is 5.91 Å². The number of hydrogen-bond donors (Lipinski definition) is 1. The summed E-state index contributed by atoms with van der Waals surface area (Å²) in [7, 11) is 0. The molecule has 130 valence electrons. The molecule has 0 spiro atoms. The van der Waals surface area contributed by atoms with E-state index in [0.29, 0.717) is 13.1 Å². The van der Waals surface area contributed by atoms with E-state index in [4.69, 9.17) is 4.74 Å². The Morgan fingerprint density at radius 2 is 1.70 bits per heavy atom. The van der Waals surface area contributed by atoms with Crippen LogP contribution in [0, 0.1) is 0 Å². The van der Waals surface area contributed by atoms with Gasteiger partial charge in [0.05, 0.1) is 6.10 Å². The summed E-state index contributed by atoms with van der Waals surface area (Å²) in [6.45, 7) is 7.17. The second-order valence-electron chi connectivity index (χ2n) is 7.39. The summed E-state index contributed by atoms with van der Waals surface area (Å²) in [6, 6.07) is 0.183. The number of nitrogens with zero attached hydrogens (tertiary/aromatic N) is 2. The van der Waals surface area contributed by atoms with E-state index in [0.717, 1.165) is 51.6 Å². The Hall–Kier alpha value is -1.30. The molecule has 6 heteroatoms. The lowest BCUT2D eigenvalue weighted by molar-refractivity contribution is -0.131. The standard InChI is InChI=1S/C17H29N3O3/c1-13(2)23-16(22)19-11-5-14(6-12-19)18-15(21)17-7-3-9-20(17)10-4-8-17/h13-14H,3-12H2,1-2H3,(H,18,21). The highest BCUT2D eigenvalue weighted by Crippen LogP contribution is 2.39. The number of ether oxygens (including phenoxy) is 1. The van der Waals surface area contributed by atoms with Crippen LogP contribution in [0.3, 0.4) is 0 Å². The molecular formula is C17H29N3O3. The third kappa shape index (κ3) is 3.32. The second kappa shape index (κ2) is 6.67. The van der Waals surface area contributed by atoms with Crippen LogP contribution in [-0.4, -0.2) is 65.7 Å². The fourth-order valence-electron chi connectivity index (χ4n) is 4.28. The van der Waals surface area contributed by atoms with Crippen LogP contribution in [-0.2, 0) is 9.53 Å². The Balaban J connectivity index is 1.49. The van der Waals surface area contributed by atoms with Crippen molar-refractivity contribution in [3.05, 3.63) is 0 Å². The van der Waals surface area contributed by atoms with E-state index in [1.54, 1.807) is 4.90 Å². The van der Waals surface area contributed by atoms with Crippen molar-refractivity contribution in [2.24, 2.45) is 0 Å². The van der Waals surface area contributed by atoms with Gasteiger partial charge in [0.25, 0.3) is 0 Å². The Bertz CT molecular complexity index is 448. The van der Waals surface area contributed by atoms with Crippen LogP contribution >= 0.6 is 0 Å². The number of hydrogen-bond acceptors (Lipinski definition) is 4. The second-order valence-corrected chi connectivity index (χ2v) is 7.39. The summed E-state index contributed by atoms with van der Waals surface area (Å²) in [4.78, 5) is 28.8. The van der Waals surface area contributed by atoms with E-state index < -0.39 is 0 Å². The summed E-state index contributed by atoms with van der Waals surface area (Å²) in [5.41, 5.74) is -0.228. The Labute approximate surface area is 138 Å². The van der Waals surface area contributed by atoms with Crippen molar-refractivity contribution in [1.29, 1.82) is 0 Å². The molecular weight excluding hydrogens is 294 g/mol. The molecule has 2 amide bonds. The van der Waals surface area contributed by atoms with Gasteiger partial charge in [0.15, 0.2) is 0 Å². The smallest absolute Gasteiger partial charge is 0.410 e. The molecule has 3 fully saturated rings. The SMILES string of the molecule is CC(C)OC(=O)N1CCC(NC(=O)C23CCCN2CCC3)CC1. The van der Waals surface area contributed by atoms with Gasteiger partial charge in [-0.1, -0.05) is 0 Å². The highest BCUT2D eigenvalue weighted by atomic mass is 16.6. The number of carbonyl (C=O) groups is 2. The minimum absolute atomic E-state index is 0.0882. The van der Waals surface area contributed by atoms with Crippen LogP contribution in [0.25, 0.3) is 0 Å². The number of nitrogens with one attached hydrogen (secondary N) is 1. The van der Waals surface area contributed by atoms with Crippen molar-refractivity contribution in [2.45, 2.75) is 70.1 Å². The maximum absolute atomic E-state index is 12.8. The molecule has 0 aliphatic carbocycles. The molecule has 6 nitrogen and oxygen atoms in total. The third-order valence-electron chi connectivity index (χ3n) is 5.49. The maximum Gasteiger partial charge on any atom is 0.410 e. The van der Waals surface area contributed by atoms with E-state index in [1.807, 2.05) is 13.8 Å². The molecule has 0 aromatic carbocycles. The van der Waals surface area contributed by atoms with Crippen LogP contribution in [0.2, 0.25) is 0 Å². The molecule has 0 aromatic heterocycles. The van der Waals surface area contributed by atoms with E-state index in [9.17, 15) is 9.59 Å². The van der Waals surface area contributed by atoms with Crippen LogP contribution in [0.1, 0.15) is 52.4 Å². The molecule has 3 aliphatic heterocycles. The number of fused-ring (bicyclic) bond motifs is 1. The van der Waals surface area contributed by atoms with Crippen LogP contribution in [0.15, 0.2) is 0 Å². The lowest BCUT2D eigenvalue weighted by Crippen LogP contribution is -2.56. The molecule has 0 atom stereocenters. The number of carbonyl (C=O) groups excluding carboxylic acids is 2. The zero-order chi connectivity index (χ0) is 16.4. The van der Waals surface area contributed by atoms with E-state index in [-0.39, 0.29) is 29.7 Å². The minimum atomic E-state index is -0.235. The first-order valence-corrected chi connectivity index (χ1v) is 9.03. The first-order valence-electron chi connectivity index (χ1n) is 9.03. The monoisotopic (exact) mass is 323 g/mol. The van der Waals surface area contributed by atoms with E-state index in [1.165, 1.54) is 0 Å². The van der Waals surface area contributed by atoms with Gasteiger partial charge in [0.1, 0.15) is 5.54 Å². The summed E-state index contributed by atoms with van der Waals surface area (Å²) in [6.07, 6.45) is 5.57. The molecule has 3 heterocycles. The zero-order valence-corrected chi connectivity index (χ0v) is 14.3. The molecule has 0 aromatic rings. The summed E-state index contributed by atoms with van der Waals surface area (Å²) in [5, 5.41) is 3.26. The molecule has 0 saturated carbocycles. The predicted octanol–water partition coefficient (Wildman–Crippen LogP) is 1.74. The average molecular weight is 323 g/mol. The van der Waals surface area contributed by atoms with Gasteiger partial charge in [-0.05, 0) is 65.5 Å². The highest BCUT2D eigenvalue weighted by Gasteiger charge is 2.50. The van der Waals surface area contributed by atoms with Crippen molar-refractivity contribution in [2.75, 3.05) is 26.2 Å². The molecule has 3 aliphatic rings. The van der Waals surface area contributed by atoms with Gasteiger partial charge in [-0.25, -0.2) is 4.79 Å². The Morgan fingerprint density at radius 1 is 1.09 bits per heavy atom. The largest absolute Gasteiger partial charge is 0.447 e. The zero-order valence-electron chi connectivity index (χ0n) is 14.3. The van der Waals surface area contributed by atoms with Crippen molar-refractivity contribution < 1.29 is 14.3 Å². The van der Waals surface area contributed by atoms with Gasteiger partial charge in [-0.2, -0.15) is 0 Å². The lowest BCUT2D eigenvalue weighted by atomic mass is 9.92. The summed E-state index contributed by atoms with van der Waals surface area (Å²) < 4.78 is 5.24. The van der Waals surface area contributed by atoms with Gasteiger partial charge < -0.3 is 15.0 Å². The molecule has 0 bridgehead atoms. The van der Waals surface area contributed by atoms with Crippen molar-refractivity contribution in [1.82, 2.24) is 15.1 Å². The van der Waals surface area contributed by atoms with Gasteiger partial charge in [0, 0.05) is 19.1 Å². The maximum atomic E-state index is 12.8. The molecule has 0 unspecified atom stereocenters. The van der Waals surface area contributed by atoms with Crippen molar-refractivity contribution in [3.8, 4) is 0 Å². The molecule has 1 N–H and O–H groups in total.